The van der Waals surface area contributed by atoms with Crippen molar-refractivity contribution in [3.63, 3.8) is 0 Å². The topological polar surface area (TPSA) is 70.3 Å². The predicted octanol–water partition coefficient (Wildman–Crippen LogP) is 7.62. The van der Waals surface area contributed by atoms with Crippen molar-refractivity contribution in [3.05, 3.63) is 89.5 Å². The van der Waals surface area contributed by atoms with Crippen LogP contribution in [0.1, 0.15) is 54.5 Å². The first-order chi connectivity index (χ1) is 18.8. The maximum atomic E-state index is 14.6. The van der Waals surface area contributed by atoms with Crippen LogP contribution in [-0.2, 0) is 21.1 Å². The van der Waals surface area contributed by atoms with Gasteiger partial charge in [0.05, 0.1) is 28.9 Å². The average Bonchev–Trinajstić information content (AvgIpc) is 3.45. The van der Waals surface area contributed by atoms with E-state index < -0.39 is 21.2 Å². The molecule has 0 amide bonds. The van der Waals surface area contributed by atoms with Crippen LogP contribution in [0.2, 0.25) is 0 Å². The Balaban J connectivity index is 1.79. The Morgan fingerprint density at radius 1 is 0.872 bits per heavy atom. The second kappa shape index (κ2) is 9.42. The van der Waals surface area contributed by atoms with E-state index in [-0.39, 0.29) is 10.8 Å². The quantitative estimate of drug-likeness (QED) is 0.230. The molecule has 3 aromatic carbocycles. The number of hydrogen-bond acceptors (Lipinski definition) is 4. The van der Waals surface area contributed by atoms with Crippen molar-refractivity contribution in [2.24, 2.45) is 0 Å². The lowest BCUT2D eigenvalue weighted by Crippen LogP contribution is -2.26. The number of carbonyl (C=O) groups excluding carboxylic acids is 1. The van der Waals surface area contributed by atoms with Gasteiger partial charge >= 0.3 is 6.09 Å². The number of sulfone groups is 1. The van der Waals surface area contributed by atoms with Crippen LogP contribution in [-0.4, -0.2) is 30.8 Å². The highest BCUT2D eigenvalue weighted by Gasteiger charge is 2.46. The summed E-state index contributed by atoms with van der Waals surface area (Å²) in [6.45, 7) is 6.87. The average molecular weight is 541 g/mol. The summed E-state index contributed by atoms with van der Waals surface area (Å²) in [4.78, 5) is 13.7. The van der Waals surface area contributed by atoms with Crippen LogP contribution in [0.4, 0.5) is 4.79 Å². The zero-order valence-electron chi connectivity index (χ0n) is 22.6. The number of nitrogens with zero attached hydrogens (tertiary/aromatic N) is 2. The summed E-state index contributed by atoms with van der Waals surface area (Å²) in [5.41, 5.74) is 5.83. The van der Waals surface area contributed by atoms with Gasteiger partial charge in [0.1, 0.15) is 5.25 Å². The Morgan fingerprint density at radius 2 is 1.49 bits per heavy atom. The molecule has 0 N–H and O–H groups in total. The molecular formula is C32H32N2O4S. The van der Waals surface area contributed by atoms with Crippen molar-refractivity contribution in [1.82, 2.24) is 9.13 Å². The summed E-state index contributed by atoms with van der Waals surface area (Å²) < 4.78 is 38.3. The fraction of sp³-hybridized carbons (Fsp3) is 0.281. The summed E-state index contributed by atoms with van der Waals surface area (Å²) in [6.07, 6.45) is 1.43. The van der Waals surface area contributed by atoms with E-state index in [2.05, 4.69) is 23.6 Å². The van der Waals surface area contributed by atoms with Gasteiger partial charge in [0.2, 0.25) is 0 Å². The van der Waals surface area contributed by atoms with E-state index in [0.29, 0.717) is 16.8 Å². The molecule has 5 aromatic rings. The van der Waals surface area contributed by atoms with E-state index in [4.69, 9.17) is 4.74 Å². The van der Waals surface area contributed by atoms with Gasteiger partial charge < -0.3 is 9.30 Å². The largest absolute Gasteiger partial charge is 0.452 e. The number of fused-ring (bicyclic) bond motifs is 7. The minimum Gasteiger partial charge on any atom is -0.452 e. The Hall–Kier alpha value is -3.84. The minimum absolute atomic E-state index is 0.281. The molecule has 0 bridgehead atoms. The maximum absolute atomic E-state index is 14.6. The van der Waals surface area contributed by atoms with Gasteiger partial charge in [-0.1, -0.05) is 74.4 Å². The number of ether oxygens (including phenoxy) is 1. The van der Waals surface area contributed by atoms with Crippen LogP contribution in [0.3, 0.4) is 0 Å². The minimum atomic E-state index is -3.85. The fourth-order valence-corrected chi connectivity index (χ4v) is 8.39. The molecule has 6 nitrogen and oxygen atoms in total. The number of hydrogen-bond donors (Lipinski definition) is 0. The van der Waals surface area contributed by atoms with Crippen LogP contribution in [0.5, 0.6) is 0 Å². The van der Waals surface area contributed by atoms with Crippen molar-refractivity contribution >= 4 is 37.7 Å². The van der Waals surface area contributed by atoms with Crippen LogP contribution in [0, 0.1) is 6.92 Å². The highest BCUT2D eigenvalue weighted by molar-refractivity contribution is 7.91. The molecule has 0 saturated carbocycles. The third-order valence-electron chi connectivity index (χ3n) is 8.12. The molecular weight excluding hydrogens is 508 g/mol. The number of para-hydroxylation sites is 2. The van der Waals surface area contributed by atoms with Crippen LogP contribution in [0.15, 0.2) is 77.7 Å². The lowest BCUT2D eigenvalue weighted by atomic mass is 9.83. The Bertz CT molecular complexity index is 1840. The zero-order chi connectivity index (χ0) is 27.5. The molecule has 0 fully saturated rings. The standard InChI is InChI=1S/C32H32N2O4S/c1-5-6-19-33-25-13-9-7-11-23(25)27-21(3)31(39(36,37)22-17-15-20(2)16-18-22)28-24-12-8-10-14-26(24)34(32(35)38-4)30(28)29(27)33/h7-18,21,31H,5-6,19H2,1-4H3. The van der Waals surface area contributed by atoms with Gasteiger partial charge in [-0.15, -0.1) is 0 Å². The predicted molar refractivity (Wildman–Crippen MR) is 155 cm³/mol. The normalized spacial score (nSPS) is 16.8. The third kappa shape index (κ3) is 3.67. The molecule has 6 rings (SSSR count). The lowest BCUT2D eigenvalue weighted by molar-refractivity contribution is 0.174. The van der Waals surface area contributed by atoms with Crippen LogP contribution in [0.25, 0.3) is 33.2 Å². The molecule has 0 aliphatic heterocycles. The smallest absolute Gasteiger partial charge is 0.418 e. The molecule has 1 aliphatic rings. The molecule has 200 valence electrons. The van der Waals surface area contributed by atoms with E-state index in [0.717, 1.165) is 52.5 Å². The van der Waals surface area contributed by atoms with E-state index in [9.17, 15) is 13.2 Å². The molecule has 2 heterocycles. The lowest BCUT2D eigenvalue weighted by Gasteiger charge is -2.31. The Kier molecular flexibility index (Phi) is 6.14. The van der Waals surface area contributed by atoms with Gasteiger partial charge in [-0.2, -0.15) is 0 Å². The number of rotatable bonds is 5. The first-order valence-electron chi connectivity index (χ1n) is 13.4. The Morgan fingerprint density at radius 3 is 2.13 bits per heavy atom. The molecule has 0 spiro atoms. The number of methoxy groups -OCH3 is 1. The Labute approximate surface area is 228 Å². The molecule has 39 heavy (non-hydrogen) atoms. The molecule has 0 radical (unpaired) electrons. The molecule has 7 heteroatoms. The highest BCUT2D eigenvalue weighted by Crippen LogP contribution is 2.56. The van der Waals surface area contributed by atoms with E-state index >= 15 is 0 Å². The van der Waals surface area contributed by atoms with Crippen molar-refractivity contribution < 1.29 is 17.9 Å². The second-order valence-electron chi connectivity index (χ2n) is 10.4. The summed E-state index contributed by atoms with van der Waals surface area (Å²) in [5.74, 6) is -0.358. The molecule has 1 aliphatic carbocycles. The van der Waals surface area contributed by atoms with Gasteiger partial charge in [-0.25, -0.2) is 17.8 Å². The number of benzene rings is 3. The monoisotopic (exact) mass is 540 g/mol. The van der Waals surface area contributed by atoms with Crippen LogP contribution < -0.4 is 0 Å². The number of aryl methyl sites for hydroxylation is 2. The first kappa shape index (κ1) is 25.4. The first-order valence-corrected chi connectivity index (χ1v) is 15.0. The van der Waals surface area contributed by atoms with Gasteiger partial charge in [-0.3, -0.25) is 0 Å². The highest BCUT2D eigenvalue weighted by atomic mass is 32.2. The summed E-state index contributed by atoms with van der Waals surface area (Å²) in [7, 11) is -2.48. The van der Waals surface area contributed by atoms with Crippen molar-refractivity contribution in [2.75, 3.05) is 7.11 Å². The van der Waals surface area contributed by atoms with E-state index in [1.807, 2.05) is 62.4 Å². The van der Waals surface area contributed by atoms with Crippen molar-refractivity contribution in [1.29, 1.82) is 0 Å². The number of unbranched alkanes of at least 4 members (excludes halogenated alkanes) is 1. The third-order valence-corrected chi connectivity index (χ3v) is 10.4. The SMILES string of the molecule is CCCCn1c2c(c3ccccc31)C(C)C(S(=O)(=O)c1ccc(C)cc1)c1c-2n(C(=O)OC)c2ccccc12. The summed E-state index contributed by atoms with van der Waals surface area (Å²) in [5, 5.41) is 0.889. The number of carbonyl (C=O) groups is 1. The summed E-state index contributed by atoms with van der Waals surface area (Å²) >= 11 is 0. The van der Waals surface area contributed by atoms with Crippen molar-refractivity contribution in [3.8, 4) is 11.4 Å². The van der Waals surface area contributed by atoms with Crippen molar-refractivity contribution in [2.45, 2.75) is 56.2 Å². The second-order valence-corrected chi connectivity index (χ2v) is 12.5. The van der Waals surface area contributed by atoms with E-state index in [1.54, 1.807) is 16.7 Å². The summed E-state index contributed by atoms with van der Waals surface area (Å²) in [6, 6.07) is 22.8. The van der Waals surface area contributed by atoms with Gasteiger partial charge in [0, 0.05) is 34.3 Å². The number of aromatic nitrogens is 2. The molecule has 0 saturated heterocycles. The maximum Gasteiger partial charge on any atom is 0.418 e. The van der Waals surface area contributed by atoms with Crippen LogP contribution >= 0.6 is 0 Å². The van der Waals surface area contributed by atoms with Gasteiger partial charge in [0.25, 0.3) is 0 Å². The molecule has 2 aromatic heterocycles. The zero-order valence-corrected chi connectivity index (χ0v) is 23.5. The van der Waals surface area contributed by atoms with Gasteiger partial charge in [0.15, 0.2) is 9.84 Å². The molecule has 2 unspecified atom stereocenters. The van der Waals surface area contributed by atoms with Gasteiger partial charge in [-0.05, 0) is 43.2 Å². The molecule has 2 atom stereocenters. The fourth-order valence-electron chi connectivity index (χ4n) is 6.36. The van der Waals surface area contributed by atoms with E-state index in [1.165, 1.54) is 7.11 Å².